The van der Waals surface area contributed by atoms with E-state index in [1.54, 1.807) is 5.38 Å². The standard InChI is InChI=1S/C21H18N2O4S/c24-18(11-19(25)20(26)27)17-14-28-21(22-17)23(12-15-7-3-1-4-8-15)13-16-9-5-2-6-10-16/h1-10,14H,11-13H2,(H,26,27). The number of carboxylic acids is 1. The monoisotopic (exact) mass is 394 g/mol. The van der Waals surface area contributed by atoms with Crippen molar-refractivity contribution < 1.29 is 19.5 Å². The largest absolute Gasteiger partial charge is 0.475 e. The van der Waals surface area contributed by atoms with E-state index in [-0.39, 0.29) is 5.69 Å². The Labute approximate surface area is 166 Å². The molecule has 0 aliphatic heterocycles. The van der Waals surface area contributed by atoms with Crippen LogP contribution >= 0.6 is 11.3 Å². The molecule has 2 aromatic carbocycles. The molecule has 0 saturated carbocycles. The van der Waals surface area contributed by atoms with E-state index in [1.807, 2.05) is 65.6 Å². The minimum atomic E-state index is -1.61. The molecule has 0 atom stereocenters. The first kappa shape index (κ1) is 19.4. The maximum Gasteiger partial charge on any atom is 0.372 e. The fourth-order valence-corrected chi connectivity index (χ4v) is 3.48. The Kier molecular flexibility index (Phi) is 6.29. The first-order chi connectivity index (χ1) is 13.5. The molecule has 28 heavy (non-hydrogen) atoms. The molecule has 0 radical (unpaired) electrons. The Morgan fingerprint density at radius 2 is 1.43 bits per heavy atom. The lowest BCUT2D eigenvalue weighted by Gasteiger charge is -2.22. The number of hydrogen-bond acceptors (Lipinski definition) is 6. The molecule has 0 unspecified atom stereocenters. The van der Waals surface area contributed by atoms with Gasteiger partial charge in [-0.1, -0.05) is 60.7 Å². The highest BCUT2D eigenvalue weighted by Gasteiger charge is 2.21. The summed E-state index contributed by atoms with van der Waals surface area (Å²) < 4.78 is 0. The van der Waals surface area contributed by atoms with Gasteiger partial charge in [0.1, 0.15) is 5.69 Å². The van der Waals surface area contributed by atoms with Gasteiger partial charge in [0.2, 0.25) is 5.78 Å². The molecule has 142 valence electrons. The van der Waals surface area contributed by atoms with Crippen LogP contribution in [-0.4, -0.2) is 27.6 Å². The lowest BCUT2D eigenvalue weighted by atomic mass is 10.1. The minimum Gasteiger partial charge on any atom is -0.475 e. The quantitative estimate of drug-likeness (QED) is 0.339. The number of carbonyl (C=O) groups is 3. The first-order valence-corrected chi connectivity index (χ1v) is 9.48. The van der Waals surface area contributed by atoms with Gasteiger partial charge in [0, 0.05) is 18.5 Å². The van der Waals surface area contributed by atoms with Gasteiger partial charge in [0.05, 0.1) is 6.42 Å². The number of rotatable bonds is 9. The van der Waals surface area contributed by atoms with Crippen LogP contribution in [0.15, 0.2) is 66.0 Å². The SMILES string of the molecule is O=C(O)C(=O)CC(=O)c1csc(N(Cc2ccccc2)Cc2ccccc2)n1. The van der Waals surface area contributed by atoms with Gasteiger partial charge >= 0.3 is 5.97 Å². The zero-order valence-electron chi connectivity index (χ0n) is 14.9. The molecule has 6 nitrogen and oxygen atoms in total. The van der Waals surface area contributed by atoms with Crippen molar-refractivity contribution in [2.45, 2.75) is 19.5 Å². The van der Waals surface area contributed by atoms with Gasteiger partial charge in [-0.2, -0.15) is 0 Å². The Morgan fingerprint density at radius 1 is 0.893 bits per heavy atom. The van der Waals surface area contributed by atoms with Crippen LogP contribution in [0.2, 0.25) is 0 Å². The van der Waals surface area contributed by atoms with Gasteiger partial charge in [-0.05, 0) is 11.1 Å². The number of carboxylic acid groups (broad SMARTS) is 1. The third-order valence-electron chi connectivity index (χ3n) is 4.04. The summed E-state index contributed by atoms with van der Waals surface area (Å²) in [6, 6.07) is 19.8. The smallest absolute Gasteiger partial charge is 0.372 e. The Bertz CT molecular complexity index is 929. The first-order valence-electron chi connectivity index (χ1n) is 8.60. The summed E-state index contributed by atoms with van der Waals surface area (Å²) in [4.78, 5) is 40.5. The number of ketones is 2. The van der Waals surface area contributed by atoms with Crippen LogP contribution in [0.1, 0.15) is 28.0 Å². The number of anilines is 1. The number of Topliss-reactive ketones (excluding diaryl/α,β-unsaturated/α-hetero) is 2. The van der Waals surface area contributed by atoms with E-state index in [0.717, 1.165) is 11.1 Å². The summed E-state index contributed by atoms with van der Waals surface area (Å²) in [5.74, 6) is -3.34. The van der Waals surface area contributed by atoms with Crippen molar-refractivity contribution in [3.8, 4) is 0 Å². The van der Waals surface area contributed by atoms with Gasteiger partial charge in [0.15, 0.2) is 10.9 Å². The van der Waals surface area contributed by atoms with Crippen LogP contribution in [0.3, 0.4) is 0 Å². The highest BCUT2D eigenvalue weighted by atomic mass is 32.1. The molecule has 7 heteroatoms. The van der Waals surface area contributed by atoms with Gasteiger partial charge < -0.3 is 10.0 Å². The van der Waals surface area contributed by atoms with E-state index in [4.69, 9.17) is 5.11 Å². The van der Waals surface area contributed by atoms with Crippen molar-refractivity contribution in [3.05, 3.63) is 82.9 Å². The second-order valence-electron chi connectivity index (χ2n) is 6.17. The number of aliphatic carboxylic acids is 1. The summed E-state index contributed by atoms with van der Waals surface area (Å²) in [5, 5.41) is 10.9. The number of nitrogens with zero attached hydrogens (tertiary/aromatic N) is 2. The number of aromatic nitrogens is 1. The molecule has 0 saturated heterocycles. The molecule has 1 N–H and O–H groups in total. The molecule has 0 fully saturated rings. The van der Waals surface area contributed by atoms with Gasteiger partial charge in [0.25, 0.3) is 0 Å². The Morgan fingerprint density at radius 3 is 1.93 bits per heavy atom. The number of benzene rings is 2. The van der Waals surface area contributed by atoms with Crippen molar-refractivity contribution in [2.75, 3.05) is 4.90 Å². The van der Waals surface area contributed by atoms with Crippen molar-refractivity contribution in [3.63, 3.8) is 0 Å². The van der Waals surface area contributed by atoms with Gasteiger partial charge in [-0.15, -0.1) is 11.3 Å². The van der Waals surface area contributed by atoms with E-state index in [0.29, 0.717) is 18.2 Å². The number of thiazole rings is 1. The van der Waals surface area contributed by atoms with E-state index >= 15 is 0 Å². The molecule has 0 aliphatic carbocycles. The highest BCUT2D eigenvalue weighted by Crippen LogP contribution is 2.25. The van der Waals surface area contributed by atoms with E-state index in [1.165, 1.54) is 11.3 Å². The summed E-state index contributed by atoms with van der Waals surface area (Å²) in [5.41, 5.74) is 2.31. The minimum absolute atomic E-state index is 0.112. The molecule has 0 amide bonds. The molecular weight excluding hydrogens is 376 g/mol. The normalized spacial score (nSPS) is 10.4. The van der Waals surface area contributed by atoms with Crippen LogP contribution in [0.4, 0.5) is 5.13 Å². The molecule has 0 aliphatic rings. The molecule has 0 bridgehead atoms. The summed E-state index contributed by atoms with van der Waals surface area (Å²) in [7, 11) is 0. The van der Waals surface area contributed by atoms with Crippen LogP contribution in [0.5, 0.6) is 0 Å². The zero-order valence-corrected chi connectivity index (χ0v) is 15.8. The van der Waals surface area contributed by atoms with Crippen molar-refractivity contribution in [2.24, 2.45) is 0 Å². The molecule has 3 rings (SSSR count). The summed E-state index contributed by atoms with van der Waals surface area (Å²) >= 11 is 1.30. The second kappa shape index (κ2) is 9.05. The average Bonchev–Trinajstić information content (AvgIpc) is 3.19. The molecular formula is C21H18N2O4S. The third-order valence-corrected chi connectivity index (χ3v) is 4.94. The maximum absolute atomic E-state index is 12.2. The van der Waals surface area contributed by atoms with Gasteiger partial charge in [-0.25, -0.2) is 9.78 Å². The molecule has 3 aromatic rings. The van der Waals surface area contributed by atoms with Crippen molar-refractivity contribution in [1.29, 1.82) is 0 Å². The van der Waals surface area contributed by atoms with Crippen molar-refractivity contribution >= 4 is 34.0 Å². The fraction of sp³-hybridized carbons (Fsp3) is 0.143. The number of carbonyl (C=O) groups excluding carboxylic acids is 2. The lowest BCUT2D eigenvalue weighted by molar-refractivity contribution is -0.148. The Balaban J connectivity index is 1.81. The topological polar surface area (TPSA) is 87.6 Å². The van der Waals surface area contributed by atoms with Crippen LogP contribution in [0, 0.1) is 0 Å². The van der Waals surface area contributed by atoms with E-state index in [2.05, 4.69) is 4.98 Å². The van der Waals surface area contributed by atoms with Crippen LogP contribution in [0.25, 0.3) is 0 Å². The van der Waals surface area contributed by atoms with Crippen LogP contribution in [-0.2, 0) is 22.7 Å². The maximum atomic E-state index is 12.2. The second-order valence-corrected chi connectivity index (χ2v) is 7.01. The average molecular weight is 394 g/mol. The molecule has 0 spiro atoms. The predicted octanol–water partition coefficient (Wildman–Crippen LogP) is 3.58. The summed E-state index contributed by atoms with van der Waals surface area (Å²) in [6.07, 6.45) is -0.685. The molecule has 1 aromatic heterocycles. The molecule has 1 heterocycles. The third kappa shape index (κ3) is 5.11. The lowest BCUT2D eigenvalue weighted by Crippen LogP contribution is -2.22. The Hall–Kier alpha value is -3.32. The summed E-state index contributed by atoms with van der Waals surface area (Å²) in [6.45, 7) is 1.20. The predicted molar refractivity (Wildman–Crippen MR) is 106 cm³/mol. The highest BCUT2D eigenvalue weighted by molar-refractivity contribution is 7.13. The van der Waals surface area contributed by atoms with Crippen molar-refractivity contribution in [1.82, 2.24) is 4.98 Å². The van der Waals surface area contributed by atoms with E-state index in [9.17, 15) is 14.4 Å². The zero-order chi connectivity index (χ0) is 19.9. The fourth-order valence-electron chi connectivity index (χ4n) is 2.65. The number of hydrogen-bond donors (Lipinski definition) is 1. The van der Waals surface area contributed by atoms with E-state index < -0.39 is 24.0 Å². The van der Waals surface area contributed by atoms with Crippen LogP contribution < -0.4 is 4.90 Å². The van der Waals surface area contributed by atoms with Gasteiger partial charge in [-0.3, -0.25) is 9.59 Å².